The monoisotopic (exact) mass is 432 g/mol. The van der Waals surface area contributed by atoms with E-state index < -0.39 is 0 Å². The molecule has 2 rings (SSSR count). The van der Waals surface area contributed by atoms with Gasteiger partial charge >= 0.3 is 0 Å². The van der Waals surface area contributed by atoms with Crippen LogP contribution in [0.15, 0.2) is 41.0 Å². The van der Waals surface area contributed by atoms with E-state index in [9.17, 15) is 4.79 Å². The lowest BCUT2D eigenvalue weighted by molar-refractivity contribution is 0.102. The molecule has 98 valence electrons. The number of anilines is 1. The van der Waals surface area contributed by atoms with E-state index in [0.717, 1.165) is 13.7 Å². The first kappa shape index (κ1) is 14.3. The molecule has 4 nitrogen and oxygen atoms in total. The molecule has 0 unspecified atom stereocenters. The van der Waals surface area contributed by atoms with Gasteiger partial charge in [-0.15, -0.1) is 0 Å². The van der Waals surface area contributed by atoms with Crippen LogP contribution in [-0.2, 0) is 0 Å². The van der Waals surface area contributed by atoms with E-state index in [4.69, 9.17) is 4.74 Å². The van der Waals surface area contributed by atoms with E-state index in [1.165, 1.54) is 7.11 Å². The highest BCUT2D eigenvalue weighted by atomic mass is 127. The number of methoxy groups -OCH3 is 1. The fourth-order valence-electron chi connectivity index (χ4n) is 1.51. The Kier molecular flexibility index (Phi) is 4.76. The van der Waals surface area contributed by atoms with Crippen molar-refractivity contribution in [2.45, 2.75) is 0 Å². The summed E-state index contributed by atoms with van der Waals surface area (Å²) in [6.45, 7) is 0. The molecule has 1 heterocycles. The number of halogens is 2. The van der Waals surface area contributed by atoms with Crippen LogP contribution in [0.4, 0.5) is 5.69 Å². The molecule has 2 aromatic rings. The summed E-state index contributed by atoms with van der Waals surface area (Å²) in [5.74, 6) is 0.0611. The van der Waals surface area contributed by atoms with E-state index in [1.807, 2.05) is 18.2 Å². The first-order valence-electron chi connectivity index (χ1n) is 5.37. The van der Waals surface area contributed by atoms with Crippen LogP contribution in [-0.4, -0.2) is 18.0 Å². The average molecular weight is 433 g/mol. The number of carbonyl (C=O) groups excluding carboxylic acids is 1. The summed E-state index contributed by atoms with van der Waals surface area (Å²) < 4.78 is 6.93. The standard InChI is InChI=1S/C13H10BrIN2O2/c1-19-13-9(3-2-6-16-13)12(18)17-11-7-8(14)4-5-10(11)15/h2-7H,1H3,(H,17,18). The lowest BCUT2D eigenvalue weighted by Gasteiger charge is -2.10. The van der Waals surface area contributed by atoms with Crippen molar-refractivity contribution in [2.24, 2.45) is 0 Å². The minimum absolute atomic E-state index is 0.249. The Labute approximate surface area is 132 Å². The Balaban J connectivity index is 2.28. The molecule has 0 aliphatic rings. The van der Waals surface area contributed by atoms with Gasteiger partial charge < -0.3 is 10.1 Å². The Morgan fingerprint density at radius 1 is 1.42 bits per heavy atom. The lowest BCUT2D eigenvalue weighted by Crippen LogP contribution is -2.14. The summed E-state index contributed by atoms with van der Waals surface area (Å²) in [5.41, 5.74) is 1.15. The highest BCUT2D eigenvalue weighted by Crippen LogP contribution is 2.24. The molecular formula is C13H10BrIN2O2. The molecule has 0 aliphatic heterocycles. The van der Waals surface area contributed by atoms with Crippen LogP contribution in [0.3, 0.4) is 0 Å². The molecule has 0 fully saturated rings. The number of pyridine rings is 1. The van der Waals surface area contributed by atoms with Crippen molar-refractivity contribution >= 4 is 50.1 Å². The fraction of sp³-hybridized carbons (Fsp3) is 0.0769. The van der Waals surface area contributed by atoms with Crippen molar-refractivity contribution in [3.63, 3.8) is 0 Å². The van der Waals surface area contributed by atoms with Crippen LogP contribution < -0.4 is 10.1 Å². The van der Waals surface area contributed by atoms with Crippen LogP contribution in [0.25, 0.3) is 0 Å². The molecule has 1 amide bonds. The number of hydrogen-bond donors (Lipinski definition) is 1. The quantitative estimate of drug-likeness (QED) is 0.752. The Morgan fingerprint density at radius 2 is 2.21 bits per heavy atom. The Bertz CT molecular complexity index is 619. The van der Waals surface area contributed by atoms with E-state index in [2.05, 4.69) is 48.8 Å². The maximum Gasteiger partial charge on any atom is 0.261 e. The van der Waals surface area contributed by atoms with Crippen molar-refractivity contribution < 1.29 is 9.53 Å². The fourth-order valence-corrected chi connectivity index (χ4v) is 2.34. The van der Waals surface area contributed by atoms with E-state index in [1.54, 1.807) is 18.3 Å². The number of hydrogen-bond acceptors (Lipinski definition) is 3. The number of benzene rings is 1. The molecule has 0 saturated heterocycles. The number of nitrogens with one attached hydrogen (secondary N) is 1. The maximum atomic E-state index is 12.2. The van der Waals surface area contributed by atoms with Crippen LogP contribution in [0.1, 0.15) is 10.4 Å². The molecule has 1 N–H and O–H groups in total. The van der Waals surface area contributed by atoms with Gasteiger partial charge in [0.2, 0.25) is 5.88 Å². The second-order valence-corrected chi connectivity index (χ2v) is 5.72. The molecule has 1 aromatic heterocycles. The zero-order valence-corrected chi connectivity index (χ0v) is 13.7. The average Bonchev–Trinajstić information content (AvgIpc) is 2.42. The SMILES string of the molecule is COc1ncccc1C(=O)Nc1cc(Br)ccc1I. The molecule has 0 spiro atoms. The second-order valence-electron chi connectivity index (χ2n) is 3.64. The number of amides is 1. The molecular weight excluding hydrogens is 423 g/mol. The summed E-state index contributed by atoms with van der Waals surface area (Å²) in [7, 11) is 1.49. The van der Waals surface area contributed by atoms with Gasteiger partial charge in [0.05, 0.1) is 12.8 Å². The number of ether oxygens (including phenoxy) is 1. The highest BCUT2D eigenvalue weighted by Gasteiger charge is 2.14. The minimum atomic E-state index is -0.249. The van der Waals surface area contributed by atoms with E-state index >= 15 is 0 Å². The maximum absolute atomic E-state index is 12.2. The summed E-state index contributed by atoms with van der Waals surface area (Å²) in [5, 5.41) is 2.85. The third-order valence-corrected chi connectivity index (χ3v) is 3.82. The van der Waals surface area contributed by atoms with E-state index in [0.29, 0.717) is 11.4 Å². The predicted molar refractivity (Wildman–Crippen MR) is 85.6 cm³/mol. The lowest BCUT2D eigenvalue weighted by atomic mass is 10.2. The minimum Gasteiger partial charge on any atom is -0.480 e. The van der Waals surface area contributed by atoms with Crippen molar-refractivity contribution in [2.75, 3.05) is 12.4 Å². The number of rotatable bonds is 3. The molecule has 1 aromatic carbocycles. The third kappa shape index (κ3) is 3.44. The Hall–Kier alpha value is -1.15. The van der Waals surface area contributed by atoms with Crippen molar-refractivity contribution in [1.29, 1.82) is 0 Å². The van der Waals surface area contributed by atoms with Gasteiger partial charge in [-0.3, -0.25) is 4.79 Å². The second kappa shape index (κ2) is 6.33. The Morgan fingerprint density at radius 3 is 2.95 bits per heavy atom. The summed E-state index contributed by atoms with van der Waals surface area (Å²) in [6, 6.07) is 9.06. The van der Waals surface area contributed by atoms with Gasteiger partial charge in [-0.25, -0.2) is 4.98 Å². The smallest absolute Gasteiger partial charge is 0.261 e. The van der Waals surface area contributed by atoms with Gasteiger partial charge in [-0.2, -0.15) is 0 Å². The van der Waals surface area contributed by atoms with Crippen LogP contribution in [0, 0.1) is 3.57 Å². The first-order valence-corrected chi connectivity index (χ1v) is 7.24. The molecule has 0 bridgehead atoms. The first-order chi connectivity index (χ1) is 9.11. The highest BCUT2D eigenvalue weighted by molar-refractivity contribution is 14.1. The zero-order valence-electron chi connectivity index (χ0n) is 9.98. The number of carbonyl (C=O) groups is 1. The zero-order chi connectivity index (χ0) is 13.8. The van der Waals surface area contributed by atoms with Crippen LogP contribution in [0.5, 0.6) is 5.88 Å². The van der Waals surface area contributed by atoms with Crippen LogP contribution in [0.2, 0.25) is 0 Å². The van der Waals surface area contributed by atoms with Crippen molar-refractivity contribution in [3.05, 3.63) is 50.1 Å². The molecule has 0 radical (unpaired) electrons. The topological polar surface area (TPSA) is 51.2 Å². The normalized spacial score (nSPS) is 10.1. The molecule has 0 saturated carbocycles. The van der Waals surface area contributed by atoms with Gasteiger partial charge in [0.25, 0.3) is 5.91 Å². The van der Waals surface area contributed by atoms with Gasteiger partial charge in [-0.1, -0.05) is 15.9 Å². The largest absolute Gasteiger partial charge is 0.480 e. The summed E-state index contributed by atoms with van der Waals surface area (Å²) in [6.07, 6.45) is 1.58. The van der Waals surface area contributed by atoms with Crippen molar-refractivity contribution in [1.82, 2.24) is 4.98 Å². The van der Waals surface area contributed by atoms with Gasteiger partial charge in [-0.05, 0) is 52.9 Å². The molecule has 19 heavy (non-hydrogen) atoms. The number of nitrogens with zero attached hydrogens (tertiary/aromatic N) is 1. The van der Waals surface area contributed by atoms with Crippen LogP contribution >= 0.6 is 38.5 Å². The molecule has 0 atom stereocenters. The molecule has 0 aliphatic carbocycles. The van der Waals surface area contributed by atoms with E-state index in [-0.39, 0.29) is 5.91 Å². The predicted octanol–water partition coefficient (Wildman–Crippen LogP) is 3.71. The third-order valence-electron chi connectivity index (χ3n) is 2.39. The van der Waals surface area contributed by atoms with Crippen molar-refractivity contribution in [3.8, 4) is 5.88 Å². The summed E-state index contributed by atoms with van der Waals surface area (Å²) in [4.78, 5) is 16.2. The summed E-state index contributed by atoms with van der Waals surface area (Å²) >= 11 is 5.54. The van der Waals surface area contributed by atoms with Gasteiger partial charge in [0.1, 0.15) is 5.56 Å². The van der Waals surface area contributed by atoms with Gasteiger partial charge in [0, 0.05) is 14.2 Å². The molecule has 6 heteroatoms. The number of aromatic nitrogens is 1. The van der Waals surface area contributed by atoms with Gasteiger partial charge in [0.15, 0.2) is 0 Å².